The van der Waals surface area contributed by atoms with E-state index in [1.807, 2.05) is 0 Å². The van der Waals surface area contributed by atoms with Gasteiger partial charge in [0.15, 0.2) is 0 Å². The number of nitrogens with two attached hydrogens (primary N) is 1. The van der Waals surface area contributed by atoms with E-state index in [4.69, 9.17) is 15.9 Å². The van der Waals surface area contributed by atoms with Crippen LogP contribution in [0.15, 0.2) is 0 Å². The van der Waals surface area contributed by atoms with Crippen LogP contribution in [-0.2, 0) is 9.59 Å². The second kappa shape index (κ2) is 4.68. The van der Waals surface area contributed by atoms with Crippen LogP contribution in [0, 0.1) is 0 Å². The molecule has 0 aliphatic carbocycles. The van der Waals surface area contributed by atoms with E-state index in [1.54, 1.807) is 0 Å². The summed E-state index contributed by atoms with van der Waals surface area (Å²) in [7, 11) is 0. The van der Waals surface area contributed by atoms with Crippen LogP contribution in [0.4, 0.5) is 0 Å². The van der Waals surface area contributed by atoms with Gasteiger partial charge in [-0.15, -0.1) is 0 Å². The summed E-state index contributed by atoms with van der Waals surface area (Å²) in [6.45, 7) is 0.808. The van der Waals surface area contributed by atoms with Crippen molar-refractivity contribution in [2.24, 2.45) is 5.73 Å². The van der Waals surface area contributed by atoms with E-state index in [-0.39, 0.29) is 0 Å². The SMILES string of the molecule is C[C@@H](NC(=O)[C@H](N)CO)C(=O)O. The van der Waals surface area contributed by atoms with Gasteiger partial charge in [0.1, 0.15) is 12.1 Å². The molecule has 0 fully saturated rings. The molecule has 2 atom stereocenters. The summed E-state index contributed by atoms with van der Waals surface area (Å²) in [4.78, 5) is 21.1. The van der Waals surface area contributed by atoms with Gasteiger partial charge >= 0.3 is 5.97 Å². The fourth-order valence-electron chi connectivity index (χ4n) is 0.465. The highest BCUT2D eigenvalue weighted by Crippen LogP contribution is 1.83. The molecule has 6 nitrogen and oxygen atoms in total. The van der Waals surface area contributed by atoms with Crippen molar-refractivity contribution in [1.29, 1.82) is 0 Å². The Kier molecular flexibility index (Phi) is 4.24. The van der Waals surface area contributed by atoms with Gasteiger partial charge in [0.2, 0.25) is 5.91 Å². The maximum atomic E-state index is 10.8. The van der Waals surface area contributed by atoms with E-state index < -0.39 is 30.6 Å². The second-order valence-electron chi connectivity index (χ2n) is 2.36. The molecule has 0 bridgehead atoms. The number of nitrogens with one attached hydrogen (secondary N) is 1. The highest BCUT2D eigenvalue weighted by Gasteiger charge is 2.18. The minimum atomic E-state index is -1.14. The summed E-state index contributed by atoms with van der Waals surface area (Å²) in [6, 6.07) is -2.05. The van der Waals surface area contributed by atoms with Crippen molar-refractivity contribution >= 4 is 11.9 Å². The van der Waals surface area contributed by atoms with E-state index >= 15 is 0 Å². The molecule has 0 radical (unpaired) electrons. The van der Waals surface area contributed by atoms with Crippen LogP contribution in [0.1, 0.15) is 6.92 Å². The first-order valence-electron chi connectivity index (χ1n) is 3.38. The quantitative estimate of drug-likeness (QED) is 0.392. The summed E-state index contributed by atoms with van der Waals surface area (Å²) in [5, 5.41) is 18.9. The lowest BCUT2D eigenvalue weighted by Gasteiger charge is -2.12. The lowest BCUT2D eigenvalue weighted by Crippen LogP contribution is -2.48. The maximum Gasteiger partial charge on any atom is 0.325 e. The van der Waals surface area contributed by atoms with Gasteiger partial charge in [-0.05, 0) is 6.92 Å². The first-order chi connectivity index (χ1) is 5.49. The zero-order valence-corrected chi connectivity index (χ0v) is 6.65. The largest absolute Gasteiger partial charge is 0.480 e. The van der Waals surface area contributed by atoms with Crippen molar-refractivity contribution in [3.63, 3.8) is 0 Å². The third-order valence-electron chi connectivity index (χ3n) is 1.26. The fraction of sp³-hybridized carbons (Fsp3) is 0.667. The third kappa shape index (κ3) is 3.31. The Bertz CT molecular complexity index is 182. The topological polar surface area (TPSA) is 113 Å². The van der Waals surface area contributed by atoms with Crippen molar-refractivity contribution in [3.8, 4) is 0 Å². The molecule has 0 spiro atoms. The van der Waals surface area contributed by atoms with Crippen molar-refractivity contribution in [3.05, 3.63) is 0 Å². The summed E-state index contributed by atoms with van der Waals surface area (Å²) in [6.07, 6.45) is 0. The molecule has 5 N–H and O–H groups in total. The number of carbonyl (C=O) groups excluding carboxylic acids is 1. The Labute approximate surface area is 69.4 Å². The number of aliphatic hydroxyl groups excluding tert-OH is 1. The van der Waals surface area contributed by atoms with Crippen LogP contribution < -0.4 is 11.1 Å². The van der Waals surface area contributed by atoms with Crippen LogP contribution in [0.25, 0.3) is 0 Å². The first-order valence-corrected chi connectivity index (χ1v) is 3.38. The van der Waals surface area contributed by atoms with Crippen LogP contribution in [0.3, 0.4) is 0 Å². The smallest absolute Gasteiger partial charge is 0.325 e. The summed E-state index contributed by atoms with van der Waals surface area (Å²) < 4.78 is 0. The number of hydrogen-bond acceptors (Lipinski definition) is 4. The third-order valence-corrected chi connectivity index (χ3v) is 1.26. The molecule has 0 aromatic heterocycles. The van der Waals surface area contributed by atoms with Crippen molar-refractivity contribution in [1.82, 2.24) is 5.32 Å². The van der Waals surface area contributed by atoms with Crippen LogP contribution >= 0.6 is 0 Å². The van der Waals surface area contributed by atoms with Gasteiger partial charge in [-0.2, -0.15) is 0 Å². The van der Waals surface area contributed by atoms with Crippen LogP contribution in [0.2, 0.25) is 0 Å². The van der Waals surface area contributed by atoms with Gasteiger partial charge in [-0.25, -0.2) is 0 Å². The Morgan fingerprint density at radius 3 is 2.42 bits per heavy atom. The van der Waals surface area contributed by atoms with Crippen molar-refractivity contribution < 1.29 is 19.8 Å². The number of carboxylic acid groups (broad SMARTS) is 1. The Morgan fingerprint density at radius 2 is 2.08 bits per heavy atom. The molecular weight excluding hydrogens is 164 g/mol. The standard InChI is InChI=1S/C6H12N2O4/c1-3(6(11)12)8-5(10)4(7)2-9/h3-4,9H,2,7H2,1H3,(H,8,10)(H,11,12)/t3-,4-/m1/s1. The molecule has 12 heavy (non-hydrogen) atoms. The number of aliphatic carboxylic acids is 1. The van der Waals surface area contributed by atoms with Crippen molar-refractivity contribution in [2.45, 2.75) is 19.0 Å². The maximum absolute atomic E-state index is 10.8. The van der Waals surface area contributed by atoms with E-state index in [9.17, 15) is 9.59 Å². The van der Waals surface area contributed by atoms with Gasteiger partial charge in [-0.3, -0.25) is 9.59 Å². The van der Waals surface area contributed by atoms with Crippen LogP contribution in [0.5, 0.6) is 0 Å². The molecule has 0 unspecified atom stereocenters. The number of rotatable bonds is 4. The predicted molar refractivity (Wildman–Crippen MR) is 40.3 cm³/mol. The molecule has 1 amide bonds. The molecule has 6 heteroatoms. The normalized spacial score (nSPS) is 14.9. The summed E-state index contributed by atoms with van der Waals surface area (Å²) in [5.41, 5.74) is 5.11. The zero-order chi connectivity index (χ0) is 9.72. The zero-order valence-electron chi connectivity index (χ0n) is 6.65. The van der Waals surface area contributed by atoms with E-state index in [1.165, 1.54) is 6.92 Å². The molecule has 0 aromatic rings. The fourth-order valence-corrected chi connectivity index (χ4v) is 0.465. The molecule has 0 aliphatic heterocycles. The molecule has 0 aliphatic rings. The molecule has 0 saturated carbocycles. The highest BCUT2D eigenvalue weighted by atomic mass is 16.4. The molecular formula is C6H12N2O4. The molecule has 0 aromatic carbocycles. The van der Waals surface area contributed by atoms with Crippen molar-refractivity contribution in [2.75, 3.05) is 6.61 Å². The Morgan fingerprint density at radius 1 is 1.58 bits per heavy atom. The van der Waals surface area contributed by atoms with Gasteiger partial charge in [0.25, 0.3) is 0 Å². The molecule has 0 saturated heterocycles. The Balaban J connectivity index is 3.92. The number of amides is 1. The first kappa shape index (κ1) is 10.9. The number of carbonyl (C=O) groups is 2. The van der Waals surface area contributed by atoms with E-state index in [0.717, 1.165) is 0 Å². The lowest BCUT2D eigenvalue weighted by atomic mass is 10.2. The number of hydrogen-bond donors (Lipinski definition) is 4. The van der Waals surface area contributed by atoms with E-state index in [0.29, 0.717) is 0 Å². The predicted octanol–water partition coefficient (Wildman–Crippen LogP) is -2.10. The molecule has 0 rings (SSSR count). The van der Waals surface area contributed by atoms with Gasteiger partial charge in [-0.1, -0.05) is 0 Å². The average molecular weight is 176 g/mol. The monoisotopic (exact) mass is 176 g/mol. The van der Waals surface area contributed by atoms with Crippen LogP contribution in [-0.4, -0.2) is 40.8 Å². The minimum absolute atomic E-state index is 0.502. The summed E-state index contributed by atoms with van der Waals surface area (Å²) >= 11 is 0. The molecule has 70 valence electrons. The lowest BCUT2D eigenvalue weighted by molar-refractivity contribution is -0.141. The van der Waals surface area contributed by atoms with Gasteiger partial charge in [0.05, 0.1) is 6.61 Å². The average Bonchev–Trinajstić information content (AvgIpc) is 2.02. The Hall–Kier alpha value is -1.14. The molecule has 0 heterocycles. The number of aliphatic hydroxyl groups is 1. The van der Waals surface area contributed by atoms with Gasteiger partial charge < -0.3 is 21.3 Å². The number of carboxylic acids is 1. The second-order valence-corrected chi connectivity index (χ2v) is 2.36. The van der Waals surface area contributed by atoms with E-state index in [2.05, 4.69) is 5.32 Å². The van der Waals surface area contributed by atoms with Gasteiger partial charge in [0, 0.05) is 0 Å². The summed E-state index contributed by atoms with van der Waals surface area (Å²) in [5.74, 6) is -1.82. The highest BCUT2D eigenvalue weighted by molar-refractivity contribution is 5.86. The minimum Gasteiger partial charge on any atom is -0.480 e.